The van der Waals surface area contributed by atoms with Gasteiger partial charge in [-0.15, -0.1) is 0 Å². The first-order chi connectivity index (χ1) is 9.54. The van der Waals surface area contributed by atoms with E-state index in [-0.39, 0.29) is 29.9 Å². The molecule has 0 amide bonds. The number of anilines is 1. The maximum atomic E-state index is 9.15. The lowest BCUT2D eigenvalue weighted by atomic mass is 10.2. The van der Waals surface area contributed by atoms with Crippen LogP contribution < -0.4 is 5.73 Å². The number of ether oxygens (including phenoxy) is 1. The van der Waals surface area contributed by atoms with Gasteiger partial charge in [-0.05, 0) is 12.8 Å². The van der Waals surface area contributed by atoms with E-state index in [1.807, 2.05) is 0 Å². The lowest BCUT2D eigenvalue weighted by molar-refractivity contribution is -0.0207. The third-order valence-electron chi connectivity index (χ3n) is 2.57. The first kappa shape index (κ1) is 7.57. The van der Waals surface area contributed by atoms with Crippen molar-refractivity contribution in [1.29, 1.82) is 0 Å². The summed E-state index contributed by atoms with van der Waals surface area (Å²) in [5.41, 5.74) is 6.23. The molecule has 0 aliphatic carbocycles. The van der Waals surface area contributed by atoms with Crippen molar-refractivity contribution in [3.05, 3.63) is 12.6 Å². The molecule has 17 heavy (non-hydrogen) atoms. The van der Waals surface area contributed by atoms with Crippen molar-refractivity contribution in [3.63, 3.8) is 0 Å². The average Bonchev–Trinajstić information content (AvgIpc) is 2.90. The maximum absolute atomic E-state index is 9.15. The largest absolute Gasteiger partial charge is 0.394 e. The molecular weight excluding hydrogens is 222 g/mol. The molecule has 3 N–H and O–H groups in total. The van der Waals surface area contributed by atoms with Crippen molar-refractivity contribution in [2.75, 3.05) is 12.3 Å². The topological polar surface area (TPSA) is 99.1 Å². The molecule has 0 radical (unpaired) electrons. The Labute approximate surface area is 101 Å². The number of fused-ring (bicyclic) bond motifs is 1. The highest BCUT2D eigenvalue weighted by molar-refractivity contribution is 5.81. The highest BCUT2D eigenvalue weighted by Gasteiger charge is 2.27. The number of hydrogen-bond acceptors (Lipinski definition) is 6. The Hall–Kier alpha value is -1.73. The Balaban J connectivity index is 2.11. The van der Waals surface area contributed by atoms with Gasteiger partial charge >= 0.3 is 0 Å². The maximum Gasteiger partial charge on any atom is 0.167 e. The number of nitrogen functional groups attached to an aromatic ring is 1. The van der Waals surface area contributed by atoms with E-state index in [0.29, 0.717) is 0 Å². The fourth-order valence-electron chi connectivity index (χ4n) is 1.73. The molecule has 2 aromatic heterocycles. The molecule has 1 aliphatic rings. The van der Waals surface area contributed by atoms with Gasteiger partial charge in [-0.2, -0.15) is 0 Å². The lowest BCUT2D eigenvalue weighted by Gasteiger charge is -2.13. The van der Waals surface area contributed by atoms with Gasteiger partial charge in [0.2, 0.25) is 0 Å². The highest BCUT2D eigenvalue weighted by atomic mass is 16.5. The minimum Gasteiger partial charge on any atom is -0.394 e. The minimum atomic E-state index is -0.954. The Morgan fingerprint density at radius 1 is 1.59 bits per heavy atom. The second-order valence-electron chi connectivity index (χ2n) is 3.65. The number of hydrogen-bond donors (Lipinski definition) is 2. The summed E-state index contributed by atoms with van der Waals surface area (Å²) in [5.74, 6) is 0.142. The average molecular weight is 241 g/mol. The predicted octanol–water partition coefficient (Wildman–Crippen LogP) is 0.0784. The zero-order valence-electron chi connectivity index (χ0n) is 11.8. The first-order valence-corrected chi connectivity index (χ1v) is 5.10. The SMILES string of the molecule is [3H]c1nc2c(N)ncnc2n1[C@@H]1O[C@H](CO)C([3H])C1[3H]. The number of rotatable bonds is 2. The molecule has 0 saturated carbocycles. The molecule has 1 aliphatic heterocycles. The lowest BCUT2D eigenvalue weighted by Crippen LogP contribution is -2.14. The quantitative estimate of drug-likeness (QED) is 0.772. The van der Waals surface area contributed by atoms with Gasteiger partial charge in [0.05, 0.1) is 19.0 Å². The molecule has 4 atom stereocenters. The zero-order valence-corrected chi connectivity index (χ0v) is 8.82. The fourth-order valence-corrected chi connectivity index (χ4v) is 1.73. The van der Waals surface area contributed by atoms with Gasteiger partial charge in [0.25, 0.3) is 0 Å². The van der Waals surface area contributed by atoms with Crippen molar-refractivity contribution in [2.45, 2.75) is 25.1 Å². The van der Waals surface area contributed by atoms with Crippen molar-refractivity contribution < 1.29 is 14.0 Å². The van der Waals surface area contributed by atoms with Crippen molar-refractivity contribution in [2.24, 2.45) is 0 Å². The summed E-state index contributed by atoms with van der Waals surface area (Å²) >= 11 is 0. The van der Waals surface area contributed by atoms with Crippen LogP contribution in [0.15, 0.2) is 12.6 Å². The summed E-state index contributed by atoms with van der Waals surface area (Å²) in [6.45, 7) is -0.350. The van der Waals surface area contributed by atoms with E-state index in [1.54, 1.807) is 0 Å². The molecule has 0 bridgehead atoms. The molecular formula is C10H13N5O2. The molecule has 3 rings (SSSR count). The fraction of sp³-hybridized carbons (Fsp3) is 0.500. The second kappa shape index (κ2) is 3.94. The zero-order chi connectivity index (χ0) is 14.4. The van der Waals surface area contributed by atoms with Crippen LogP contribution in [0.25, 0.3) is 11.2 Å². The number of imidazole rings is 1. The minimum absolute atomic E-state index is 0.142. The van der Waals surface area contributed by atoms with Crippen LogP contribution in [0.3, 0.4) is 0 Å². The Morgan fingerprint density at radius 3 is 3.24 bits per heavy atom. The summed E-state index contributed by atoms with van der Waals surface area (Å²) in [6, 6.07) is 0. The van der Waals surface area contributed by atoms with E-state index in [0.717, 1.165) is 0 Å². The monoisotopic (exact) mass is 241 g/mol. The molecule has 3 heterocycles. The molecule has 1 saturated heterocycles. The molecule has 7 heteroatoms. The Morgan fingerprint density at radius 2 is 2.47 bits per heavy atom. The number of aromatic nitrogens is 4. The van der Waals surface area contributed by atoms with Gasteiger partial charge < -0.3 is 15.6 Å². The number of aliphatic hydroxyl groups excluding tert-OH is 1. The highest BCUT2D eigenvalue weighted by Crippen LogP contribution is 2.30. The van der Waals surface area contributed by atoms with E-state index in [1.165, 1.54) is 10.9 Å². The van der Waals surface area contributed by atoms with E-state index >= 15 is 0 Å². The summed E-state index contributed by atoms with van der Waals surface area (Å²) < 4.78 is 30.5. The molecule has 1 fully saturated rings. The van der Waals surface area contributed by atoms with Gasteiger partial charge in [-0.25, -0.2) is 15.0 Å². The van der Waals surface area contributed by atoms with E-state index in [4.69, 9.17) is 19.7 Å². The van der Waals surface area contributed by atoms with Crippen molar-refractivity contribution >= 4 is 17.0 Å². The third-order valence-corrected chi connectivity index (χ3v) is 2.57. The van der Waals surface area contributed by atoms with Gasteiger partial charge in [0, 0.05) is 2.74 Å². The van der Waals surface area contributed by atoms with Crippen LogP contribution in [-0.4, -0.2) is 37.3 Å². The van der Waals surface area contributed by atoms with E-state index < -0.39 is 25.1 Å². The van der Waals surface area contributed by atoms with Gasteiger partial charge in [-0.1, -0.05) is 0 Å². The van der Waals surface area contributed by atoms with E-state index in [2.05, 4.69) is 15.0 Å². The number of nitrogens with two attached hydrogens (primary N) is 1. The standard InChI is InChI=1S/C10H13N5O2/c11-9-8-10(13-4-12-9)15(5-14-8)7-2-1-6(3-16)17-7/h4-7,16H,1-3H2,(H2,11,12,13)/t6-,7+/m0/s1/i1T,2T,5T/t1?,2?,6-,7+. The van der Waals surface area contributed by atoms with Crippen LogP contribution in [0.2, 0.25) is 0 Å². The van der Waals surface area contributed by atoms with E-state index in [9.17, 15) is 0 Å². The van der Waals surface area contributed by atoms with Gasteiger partial charge in [0.15, 0.2) is 11.5 Å². The molecule has 7 nitrogen and oxygen atoms in total. The Bertz CT molecular complexity index is 651. The molecule has 2 unspecified atom stereocenters. The summed E-state index contributed by atoms with van der Waals surface area (Å²) in [5, 5.41) is 9.15. The molecule has 0 spiro atoms. The molecule has 90 valence electrons. The number of nitrogens with zero attached hydrogens (tertiary/aromatic N) is 4. The second-order valence-corrected chi connectivity index (χ2v) is 3.65. The normalized spacial score (nSPS) is 35.7. The third kappa shape index (κ3) is 1.63. The van der Waals surface area contributed by atoms with Crippen LogP contribution >= 0.6 is 0 Å². The summed E-state index contributed by atoms with van der Waals surface area (Å²) in [7, 11) is 0. The van der Waals surface area contributed by atoms with Crippen molar-refractivity contribution in [3.8, 4) is 0 Å². The predicted molar refractivity (Wildman–Crippen MR) is 60.0 cm³/mol. The van der Waals surface area contributed by atoms with Gasteiger partial charge in [-0.3, -0.25) is 4.57 Å². The Kier molecular flexibility index (Phi) is 1.75. The summed E-state index contributed by atoms with van der Waals surface area (Å²) in [4.78, 5) is 11.8. The summed E-state index contributed by atoms with van der Waals surface area (Å²) in [6.07, 6.45) is -2.45. The smallest absolute Gasteiger partial charge is 0.167 e. The van der Waals surface area contributed by atoms with Crippen LogP contribution in [0.1, 0.15) is 23.1 Å². The van der Waals surface area contributed by atoms with Crippen LogP contribution in [0.4, 0.5) is 5.82 Å². The van der Waals surface area contributed by atoms with Crippen LogP contribution in [0, 0.1) is 0 Å². The van der Waals surface area contributed by atoms with Crippen LogP contribution in [0.5, 0.6) is 0 Å². The molecule has 2 aromatic rings. The van der Waals surface area contributed by atoms with Gasteiger partial charge in [0.1, 0.15) is 19.4 Å². The van der Waals surface area contributed by atoms with Crippen LogP contribution in [-0.2, 0) is 4.74 Å². The molecule has 0 aromatic carbocycles. The van der Waals surface area contributed by atoms with Crippen molar-refractivity contribution in [1.82, 2.24) is 19.5 Å². The first-order valence-electron chi connectivity index (χ1n) is 6.76. The number of aliphatic hydroxyl groups is 1.